The van der Waals surface area contributed by atoms with Gasteiger partial charge in [0.25, 0.3) is 11.6 Å². The third-order valence-corrected chi connectivity index (χ3v) is 1.31. The maximum absolute atomic E-state index is 10.8. The largest absolute Gasteiger partial charge is 0.361 e. The van der Waals surface area contributed by atoms with Crippen LogP contribution in [-0.2, 0) is 9.59 Å². The molecule has 0 saturated carbocycles. The number of rotatable bonds is 7. The molecule has 10 heteroatoms. The van der Waals surface area contributed by atoms with Crippen molar-refractivity contribution in [3.63, 3.8) is 0 Å². The highest BCUT2D eigenvalue weighted by Gasteiger charge is 2.23. The highest BCUT2D eigenvalue weighted by Crippen LogP contribution is 1.88. The Balaban J connectivity index is 4.57. The number of hydrogen-bond acceptors (Lipinski definition) is 4. The van der Waals surface area contributed by atoms with E-state index in [9.17, 15) is 19.7 Å². The predicted octanol–water partition coefficient (Wildman–Crippen LogP) is -1.78. The topological polar surface area (TPSA) is 153 Å². The average Bonchev–Trinajstić information content (AvgIpc) is 2.17. The van der Waals surface area contributed by atoms with Gasteiger partial charge in [-0.3, -0.25) is 9.59 Å². The van der Waals surface area contributed by atoms with E-state index in [4.69, 9.17) is 11.1 Å². The minimum atomic E-state index is -0.966. The Hall–Kier alpha value is -2.70. The molecule has 0 aromatic rings. The van der Waals surface area contributed by atoms with Gasteiger partial charge >= 0.3 is 12.4 Å². The second kappa shape index (κ2) is 6.71. The summed E-state index contributed by atoms with van der Waals surface area (Å²) in [4.78, 5) is 36.9. The smallest absolute Gasteiger partial charge is 0.325 e. The van der Waals surface area contributed by atoms with Gasteiger partial charge in [0, 0.05) is 0 Å². The summed E-state index contributed by atoms with van der Waals surface area (Å²) in [7, 11) is 0. The molecule has 16 heavy (non-hydrogen) atoms. The molecule has 0 atom stereocenters. The van der Waals surface area contributed by atoms with Gasteiger partial charge in [0.2, 0.25) is 0 Å². The van der Waals surface area contributed by atoms with E-state index < -0.39 is 29.7 Å². The van der Waals surface area contributed by atoms with Crippen molar-refractivity contribution in [2.24, 2.45) is 0 Å². The Morgan fingerprint density at radius 1 is 1.19 bits per heavy atom. The fraction of sp³-hybridized carbons (Fsp3) is 0.333. The maximum Gasteiger partial charge on any atom is 0.325 e. The molecule has 0 radical (unpaired) electrons. The Morgan fingerprint density at radius 2 is 1.56 bits per heavy atom. The van der Waals surface area contributed by atoms with Gasteiger partial charge in [-0.1, -0.05) is 0 Å². The molecule has 0 spiro atoms. The van der Waals surface area contributed by atoms with E-state index >= 15 is 0 Å². The van der Waals surface area contributed by atoms with E-state index in [1.807, 2.05) is 0 Å². The zero-order chi connectivity index (χ0) is 12.6. The molecule has 0 unspecified atom stereocenters. The Bertz CT molecular complexity index is 373. The van der Waals surface area contributed by atoms with Crippen LogP contribution in [0.3, 0.4) is 0 Å². The van der Waals surface area contributed by atoms with Gasteiger partial charge in [-0.25, -0.2) is 10.1 Å². The van der Waals surface area contributed by atoms with Gasteiger partial charge in [-0.15, -0.1) is 5.01 Å². The lowest BCUT2D eigenvalue weighted by molar-refractivity contribution is -0.649. The molecular weight excluding hydrogens is 220 g/mol. The van der Waals surface area contributed by atoms with E-state index in [0.29, 0.717) is 12.4 Å². The number of carbonyl (C=O) groups excluding carboxylic acids is 2. The van der Waals surface area contributed by atoms with Crippen LogP contribution in [0, 0.1) is 10.1 Å². The van der Waals surface area contributed by atoms with E-state index in [1.165, 1.54) is 0 Å². The summed E-state index contributed by atoms with van der Waals surface area (Å²) >= 11 is 0. The van der Waals surface area contributed by atoms with Crippen LogP contribution >= 0.6 is 0 Å². The molecule has 0 aromatic heterocycles. The zero-order valence-corrected chi connectivity index (χ0v) is 7.89. The van der Waals surface area contributed by atoms with Crippen molar-refractivity contribution in [2.45, 2.75) is 0 Å². The molecule has 0 aliphatic rings. The van der Waals surface area contributed by atoms with Crippen LogP contribution in [0.4, 0.5) is 0 Å². The van der Waals surface area contributed by atoms with Crippen molar-refractivity contribution < 1.29 is 24.2 Å². The van der Waals surface area contributed by atoms with Gasteiger partial charge in [0.15, 0.2) is 5.03 Å². The third-order valence-electron chi connectivity index (χ3n) is 1.31. The highest BCUT2D eigenvalue weighted by atomic mass is 16.7. The first-order valence-corrected chi connectivity index (χ1v) is 3.81. The van der Waals surface area contributed by atoms with Gasteiger partial charge < -0.3 is 11.1 Å². The lowest BCUT2D eigenvalue weighted by atomic mass is 10.3. The molecule has 0 rings (SSSR count). The van der Waals surface area contributed by atoms with E-state index in [0.717, 1.165) is 0 Å². The molecule has 0 aliphatic carbocycles. The quantitative estimate of drug-likeness (QED) is 0.165. The van der Waals surface area contributed by atoms with Crippen LogP contribution in [0.5, 0.6) is 0 Å². The Kier molecular flexibility index (Phi) is 5.58. The lowest BCUT2D eigenvalue weighted by Crippen LogP contribution is -2.39. The summed E-state index contributed by atoms with van der Waals surface area (Å²) in [5.41, 5.74) is 16.0. The maximum atomic E-state index is 10.8. The van der Waals surface area contributed by atoms with Crippen molar-refractivity contribution >= 4 is 24.0 Å². The predicted molar refractivity (Wildman–Crippen MR) is 47.9 cm³/mol. The van der Waals surface area contributed by atoms with Crippen molar-refractivity contribution in [3.8, 4) is 0 Å². The molecular formula is C6H6N6O4. The summed E-state index contributed by atoms with van der Waals surface area (Å²) in [5, 5.41) is 9.71. The van der Waals surface area contributed by atoms with Crippen LogP contribution in [0.15, 0.2) is 0 Å². The standard InChI is InChI=1S/C6H6N6O4/c7-9-1-5(13)3-11(12(15)16)4-6(14)2-10-8/h1-2H,3-4H2. The first-order valence-electron chi connectivity index (χ1n) is 3.81. The number of nitrogens with zero attached hydrogens (tertiary/aromatic N) is 6. The van der Waals surface area contributed by atoms with E-state index in [2.05, 4.69) is 9.58 Å². The van der Waals surface area contributed by atoms with Gasteiger partial charge in [-0.2, -0.15) is 9.58 Å². The molecule has 0 saturated heterocycles. The third kappa shape index (κ3) is 5.12. The van der Waals surface area contributed by atoms with Gasteiger partial charge in [0.1, 0.15) is 13.1 Å². The van der Waals surface area contributed by atoms with Crippen LogP contribution < -0.4 is 0 Å². The summed E-state index contributed by atoms with van der Waals surface area (Å²) in [6, 6.07) is 0. The normalized spacial score (nSPS) is 8.25. The van der Waals surface area contributed by atoms with Crippen LogP contribution in [0.25, 0.3) is 11.1 Å². The minimum Gasteiger partial charge on any atom is -0.361 e. The molecule has 10 nitrogen and oxygen atoms in total. The molecule has 0 N–H and O–H groups in total. The molecule has 0 fully saturated rings. The molecule has 0 amide bonds. The second-order valence-corrected chi connectivity index (χ2v) is 2.48. The number of hydrazine groups is 1. The fourth-order valence-electron chi connectivity index (χ4n) is 0.742. The zero-order valence-electron chi connectivity index (χ0n) is 7.89. The molecule has 84 valence electrons. The van der Waals surface area contributed by atoms with Crippen LogP contribution in [0.1, 0.15) is 0 Å². The van der Waals surface area contributed by atoms with Crippen molar-refractivity contribution in [3.05, 3.63) is 21.2 Å². The summed E-state index contributed by atoms with van der Waals surface area (Å²) in [5.74, 6) is -1.71. The van der Waals surface area contributed by atoms with Crippen LogP contribution in [-0.4, -0.2) is 56.7 Å². The lowest BCUT2D eigenvalue weighted by Gasteiger charge is -2.07. The SMILES string of the molecule is [N-]=[N+]=CC(=O)CN(CC(=O)C=[N+]=[N-])[N+](=O)[O-]. The Labute approximate surface area is 88.4 Å². The van der Waals surface area contributed by atoms with E-state index in [1.54, 1.807) is 0 Å². The molecule has 0 heterocycles. The Morgan fingerprint density at radius 3 is 1.81 bits per heavy atom. The number of carbonyl (C=O) groups is 2. The molecule has 0 bridgehead atoms. The van der Waals surface area contributed by atoms with Crippen molar-refractivity contribution in [2.75, 3.05) is 13.1 Å². The second-order valence-electron chi connectivity index (χ2n) is 2.48. The van der Waals surface area contributed by atoms with E-state index in [-0.39, 0.29) is 5.01 Å². The number of hydrogen-bond donors (Lipinski definition) is 0. The summed E-state index contributed by atoms with van der Waals surface area (Å²) in [6.45, 7) is -1.47. The first-order chi connectivity index (χ1) is 7.51. The summed E-state index contributed by atoms with van der Waals surface area (Å²) < 4.78 is 0. The van der Waals surface area contributed by atoms with Crippen molar-refractivity contribution in [1.29, 1.82) is 0 Å². The van der Waals surface area contributed by atoms with Crippen molar-refractivity contribution in [1.82, 2.24) is 5.01 Å². The monoisotopic (exact) mass is 226 g/mol. The molecule has 0 aliphatic heterocycles. The number of Topliss-reactive ketones (excluding diaryl/α,β-unsaturated/α-hetero) is 2. The highest BCUT2D eigenvalue weighted by molar-refractivity contribution is 6.27. The number of nitro groups is 1. The first kappa shape index (κ1) is 13.3. The fourth-order valence-corrected chi connectivity index (χ4v) is 0.742. The van der Waals surface area contributed by atoms with Crippen LogP contribution in [0.2, 0.25) is 0 Å². The minimum absolute atomic E-state index is 0.286. The average molecular weight is 226 g/mol. The van der Waals surface area contributed by atoms with Gasteiger partial charge in [-0.05, 0) is 0 Å². The molecule has 0 aromatic carbocycles. The van der Waals surface area contributed by atoms with Gasteiger partial charge in [0.05, 0.1) is 0 Å². The summed E-state index contributed by atoms with van der Waals surface area (Å²) in [6.07, 6.45) is 0.947. The number of ketones is 2.